The molecule has 1 N–H and O–H groups in total. The van der Waals surface area contributed by atoms with Gasteiger partial charge in [0.2, 0.25) is 15.9 Å². The summed E-state index contributed by atoms with van der Waals surface area (Å²) in [4.78, 5) is 12.5. The van der Waals surface area contributed by atoms with Crippen LogP contribution in [0.25, 0.3) is 0 Å². The van der Waals surface area contributed by atoms with Gasteiger partial charge < -0.3 is 14.8 Å². The van der Waals surface area contributed by atoms with Crippen LogP contribution in [0.1, 0.15) is 26.2 Å². The molecule has 1 aliphatic heterocycles. The Balaban J connectivity index is 2.07. The summed E-state index contributed by atoms with van der Waals surface area (Å²) >= 11 is 0. The minimum absolute atomic E-state index is 0.176. The number of benzene rings is 1. The van der Waals surface area contributed by atoms with Crippen LogP contribution in [0.15, 0.2) is 29.2 Å². The highest BCUT2D eigenvalue weighted by atomic mass is 32.2. The van der Waals surface area contributed by atoms with Crippen molar-refractivity contribution in [2.24, 2.45) is 0 Å². The largest absolute Gasteiger partial charge is 0.494 e. The lowest BCUT2D eigenvalue weighted by Gasteiger charge is -2.23. The summed E-state index contributed by atoms with van der Waals surface area (Å²) in [6.45, 7) is 3.76. The molecule has 0 aromatic heterocycles. The third-order valence-corrected chi connectivity index (χ3v) is 5.99. The van der Waals surface area contributed by atoms with Crippen LogP contribution in [-0.2, 0) is 19.6 Å². The van der Waals surface area contributed by atoms with Gasteiger partial charge >= 0.3 is 0 Å². The molecular weight excluding hydrogens is 344 g/mol. The smallest absolute Gasteiger partial charge is 0.243 e. The zero-order chi connectivity index (χ0) is 18.3. The molecule has 25 heavy (non-hydrogen) atoms. The molecule has 0 radical (unpaired) electrons. The number of carbonyl (C=O) groups is 1. The highest BCUT2D eigenvalue weighted by Crippen LogP contribution is 2.27. The molecule has 1 aromatic carbocycles. The molecule has 0 aliphatic carbocycles. The van der Waals surface area contributed by atoms with Crippen LogP contribution in [0.2, 0.25) is 0 Å². The van der Waals surface area contributed by atoms with Gasteiger partial charge in [-0.15, -0.1) is 0 Å². The van der Waals surface area contributed by atoms with Crippen molar-refractivity contribution in [3.05, 3.63) is 24.3 Å². The van der Waals surface area contributed by atoms with Crippen molar-refractivity contribution < 1.29 is 22.7 Å². The van der Waals surface area contributed by atoms with Crippen LogP contribution in [0.4, 0.5) is 0 Å². The van der Waals surface area contributed by atoms with E-state index >= 15 is 0 Å². The fourth-order valence-corrected chi connectivity index (χ4v) is 4.50. The van der Waals surface area contributed by atoms with Gasteiger partial charge in [-0.2, -0.15) is 4.31 Å². The van der Waals surface area contributed by atoms with Crippen LogP contribution in [-0.4, -0.2) is 58.1 Å². The van der Waals surface area contributed by atoms with Gasteiger partial charge in [0, 0.05) is 26.8 Å². The summed E-state index contributed by atoms with van der Waals surface area (Å²) in [5.41, 5.74) is 0. The van der Waals surface area contributed by atoms with Crippen molar-refractivity contribution in [1.29, 1.82) is 0 Å². The predicted molar refractivity (Wildman–Crippen MR) is 94.0 cm³/mol. The Hall–Kier alpha value is -1.64. The van der Waals surface area contributed by atoms with Gasteiger partial charge in [-0.3, -0.25) is 4.79 Å². The summed E-state index contributed by atoms with van der Waals surface area (Å²) in [7, 11) is -2.11. The van der Waals surface area contributed by atoms with Gasteiger partial charge in [0.05, 0.1) is 11.5 Å². The second-order valence-electron chi connectivity index (χ2n) is 5.82. The monoisotopic (exact) mass is 370 g/mol. The second-order valence-corrected chi connectivity index (χ2v) is 7.71. The maximum Gasteiger partial charge on any atom is 0.243 e. The van der Waals surface area contributed by atoms with Gasteiger partial charge in [0.15, 0.2) is 0 Å². The first kappa shape index (κ1) is 19.7. The first-order valence-corrected chi connectivity index (χ1v) is 9.96. The number of nitrogens with one attached hydrogen (secondary N) is 1. The van der Waals surface area contributed by atoms with Gasteiger partial charge in [-0.25, -0.2) is 8.42 Å². The predicted octanol–water partition coefficient (Wildman–Crippen LogP) is 1.39. The molecule has 0 spiro atoms. The summed E-state index contributed by atoms with van der Waals surface area (Å²) in [5.74, 6) is 0.374. The highest BCUT2D eigenvalue weighted by molar-refractivity contribution is 7.89. The average molecular weight is 370 g/mol. The number of rotatable bonds is 9. The van der Waals surface area contributed by atoms with E-state index in [2.05, 4.69) is 5.32 Å². The Morgan fingerprint density at radius 3 is 2.68 bits per heavy atom. The van der Waals surface area contributed by atoms with E-state index in [1.54, 1.807) is 19.2 Å². The molecule has 1 fully saturated rings. The fraction of sp³-hybridized carbons (Fsp3) is 0.588. The van der Waals surface area contributed by atoms with Crippen molar-refractivity contribution in [1.82, 2.24) is 9.62 Å². The van der Waals surface area contributed by atoms with Crippen LogP contribution >= 0.6 is 0 Å². The molecule has 1 amide bonds. The average Bonchev–Trinajstić information content (AvgIpc) is 3.10. The van der Waals surface area contributed by atoms with Crippen LogP contribution < -0.4 is 10.1 Å². The number of carbonyl (C=O) groups excluding carboxylic acids is 1. The molecule has 2 rings (SSSR count). The van der Waals surface area contributed by atoms with Gasteiger partial charge in [0.25, 0.3) is 0 Å². The molecule has 0 saturated carbocycles. The van der Waals surface area contributed by atoms with E-state index in [9.17, 15) is 13.2 Å². The Morgan fingerprint density at radius 2 is 2.04 bits per heavy atom. The summed E-state index contributed by atoms with van der Waals surface area (Å²) in [5, 5.41) is 2.79. The quantitative estimate of drug-likeness (QED) is 0.664. The summed E-state index contributed by atoms with van der Waals surface area (Å²) in [6.07, 6.45) is 1.90. The van der Waals surface area contributed by atoms with Gasteiger partial charge in [-0.1, -0.05) is 0 Å². The Morgan fingerprint density at radius 1 is 1.32 bits per heavy atom. The lowest BCUT2D eigenvalue weighted by atomic mass is 10.2. The molecule has 0 unspecified atom stereocenters. The number of sulfonamides is 1. The van der Waals surface area contributed by atoms with Crippen molar-refractivity contribution in [2.45, 2.75) is 37.1 Å². The Labute approximate surface area is 149 Å². The fourth-order valence-electron chi connectivity index (χ4n) is 2.85. The van der Waals surface area contributed by atoms with E-state index in [0.29, 0.717) is 51.3 Å². The molecule has 140 valence electrons. The molecule has 8 heteroatoms. The molecule has 0 bridgehead atoms. The zero-order valence-corrected chi connectivity index (χ0v) is 15.5. The molecule has 1 heterocycles. The maximum absolute atomic E-state index is 12.9. The van der Waals surface area contributed by atoms with E-state index in [4.69, 9.17) is 9.47 Å². The number of hydrogen-bond donors (Lipinski definition) is 1. The Kier molecular flexibility index (Phi) is 7.22. The molecule has 1 saturated heterocycles. The summed E-state index contributed by atoms with van der Waals surface area (Å²) < 4.78 is 37.3. The third-order valence-electron chi connectivity index (χ3n) is 4.07. The van der Waals surface area contributed by atoms with E-state index in [0.717, 1.165) is 0 Å². The molecule has 7 nitrogen and oxygen atoms in total. The zero-order valence-electron chi connectivity index (χ0n) is 14.7. The van der Waals surface area contributed by atoms with Crippen LogP contribution in [0, 0.1) is 0 Å². The second kappa shape index (κ2) is 9.17. The standard InChI is InChI=1S/C17H26N2O5S/c1-3-24-14-7-9-15(10-8-14)25(21,22)19-12-4-6-16(19)17(20)18-11-5-13-23-2/h7-10,16H,3-6,11-13H2,1-2H3,(H,18,20)/t16-/m1/s1. The minimum atomic E-state index is -3.71. The number of hydrogen-bond acceptors (Lipinski definition) is 5. The third kappa shape index (κ3) is 4.93. The molecule has 1 aliphatic rings. The number of amides is 1. The topological polar surface area (TPSA) is 84.9 Å². The molecule has 1 aromatic rings. The Bertz CT molecular complexity index is 660. The van der Waals surface area contributed by atoms with Crippen LogP contribution in [0.5, 0.6) is 5.75 Å². The number of ether oxygens (including phenoxy) is 2. The minimum Gasteiger partial charge on any atom is -0.494 e. The van der Waals surface area contributed by atoms with E-state index < -0.39 is 16.1 Å². The van der Waals surface area contributed by atoms with Crippen molar-refractivity contribution in [3.63, 3.8) is 0 Å². The van der Waals surface area contributed by atoms with Crippen LogP contribution in [0.3, 0.4) is 0 Å². The molecule has 1 atom stereocenters. The van der Waals surface area contributed by atoms with Gasteiger partial charge in [-0.05, 0) is 50.5 Å². The first-order valence-electron chi connectivity index (χ1n) is 8.52. The van der Waals surface area contributed by atoms with E-state index in [1.807, 2.05) is 6.92 Å². The normalized spacial score (nSPS) is 18.2. The van der Waals surface area contributed by atoms with E-state index in [-0.39, 0.29) is 10.8 Å². The molecular formula is C17H26N2O5S. The number of nitrogens with zero attached hydrogens (tertiary/aromatic N) is 1. The van der Waals surface area contributed by atoms with Crippen molar-refractivity contribution in [2.75, 3.05) is 33.4 Å². The van der Waals surface area contributed by atoms with Gasteiger partial charge in [0.1, 0.15) is 11.8 Å². The highest BCUT2D eigenvalue weighted by Gasteiger charge is 2.39. The SMILES string of the molecule is CCOc1ccc(S(=O)(=O)N2CCC[C@@H]2C(=O)NCCCOC)cc1. The summed E-state index contributed by atoms with van der Waals surface area (Å²) in [6, 6.07) is 5.65. The van der Waals surface area contributed by atoms with E-state index in [1.165, 1.54) is 16.4 Å². The number of methoxy groups -OCH3 is 1. The maximum atomic E-state index is 12.9. The van der Waals surface area contributed by atoms with Crippen molar-refractivity contribution in [3.8, 4) is 5.75 Å². The van der Waals surface area contributed by atoms with Crippen molar-refractivity contribution >= 4 is 15.9 Å². The lowest BCUT2D eigenvalue weighted by molar-refractivity contribution is -0.124. The first-order chi connectivity index (χ1) is 12.0. The lowest BCUT2D eigenvalue weighted by Crippen LogP contribution is -2.46.